The Morgan fingerprint density at radius 2 is 1.70 bits per heavy atom. The summed E-state index contributed by atoms with van der Waals surface area (Å²) in [6, 6.07) is 22.5. The number of fused-ring (bicyclic) bond motifs is 1. The van der Waals surface area contributed by atoms with Crippen LogP contribution in [0.4, 0.5) is 0 Å². The molecule has 0 aliphatic carbocycles. The Balaban J connectivity index is 1.43. The molecule has 1 fully saturated rings. The monoisotopic (exact) mass is 578 g/mol. The highest BCUT2D eigenvalue weighted by Crippen LogP contribution is 2.43. The molecule has 3 heterocycles. The molecule has 9 nitrogen and oxygen atoms in total. The minimum absolute atomic E-state index is 0.112. The smallest absolute Gasteiger partial charge is 0.295 e. The van der Waals surface area contributed by atoms with Gasteiger partial charge in [0.1, 0.15) is 19.8 Å². The Labute approximate surface area is 248 Å². The van der Waals surface area contributed by atoms with Gasteiger partial charge in [0, 0.05) is 17.2 Å². The van der Waals surface area contributed by atoms with Gasteiger partial charge in [-0.05, 0) is 53.9 Å². The molecule has 43 heavy (non-hydrogen) atoms. The van der Waals surface area contributed by atoms with Crippen LogP contribution in [0.3, 0.4) is 0 Å². The number of nitrogens with one attached hydrogen (secondary N) is 1. The molecule has 1 saturated heterocycles. The van der Waals surface area contributed by atoms with Crippen molar-refractivity contribution in [2.75, 3.05) is 19.8 Å². The van der Waals surface area contributed by atoms with Gasteiger partial charge in [0.05, 0.1) is 19.2 Å². The van der Waals surface area contributed by atoms with Gasteiger partial charge in [-0.3, -0.25) is 9.59 Å². The number of aromatic nitrogens is 1. The molecule has 1 atom stereocenters. The predicted molar refractivity (Wildman–Crippen MR) is 154 cm³/mol. The standard InChI is InChI=1S/C34H30N2O7/c1-2-40-28-17-24(10-12-27(28)43-21-22-7-4-3-5-8-22)31-30(32(37)25-11-13-26-29(18-25)42-16-15-41-26)33(38)34(39)36(31)20-23-9-6-14-35-19-23/h3-14,17-19,31,37H,2,15-16,20-21H2,1H3. The molecule has 4 aromatic rings. The van der Waals surface area contributed by atoms with Crippen molar-refractivity contribution in [3.63, 3.8) is 0 Å². The molecule has 0 radical (unpaired) electrons. The summed E-state index contributed by atoms with van der Waals surface area (Å²) >= 11 is 0. The van der Waals surface area contributed by atoms with E-state index in [2.05, 4.69) is 4.98 Å². The second kappa shape index (κ2) is 12.3. The number of likely N-dealkylation sites (tertiary alicyclic amines) is 1. The van der Waals surface area contributed by atoms with Crippen LogP contribution in [0.15, 0.2) is 96.8 Å². The lowest BCUT2D eigenvalue weighted by atomic mass is 9.94. The van der Waals surface area contributed by atoms with Crippen LogP contribution in [-0.4, -0.2) is 36.4 Å². The third-order valence-corrected chi connectivity index (χ3v) is 7.28. The number of H-pyrrole nitrogens is 1. The average Bonchev–Trinajstić information content (AvgIpc) is 3.29. The molecule has 218 valence electrons. The van der Waals surface area contributed by atoms with Gasteiger partial charge >= 0.3 is 0 Å². The zero-order valence-electron chi connectivity index (χ0n) is 23.6. The van der Waals surface area contributed by atoms with Crippen molar-refractivity contribution in [3.8, 4) is 23.0 Å². The lowest BCUT2D eigenvalue weighted by Crippen LogP contribution is -2.29. The van der Waals surface area contributed by atoms with Gasteiger partial charge in [-0.15, -0.1) is 0 Å². The van der Waals surface area contributed by atoms with Crippen molar-refractivity contribution >= 4 is 17.4 Å². The first-order valence-corrected chi connectivity index (χ1v) is 14.1. The van der Waals surface area contributed by atoms with Gasteiger partial charge in [-0.1, -0.05) is 48.2 Å². The molecule has 2 aliphatic rings. The van der Waals surface area contributed by atoms with E-state index in [9.17, 15) is 14.7 Å². The number of carbonyl (C=O) groups excluding carboxylic acids is 2. The summed E-state index contributed by atoms with van der Waals surface area (Å²) in [6.45, 7) is 3.42. The molecule has 1 unspecified atom stereocenters. The number of aromatic amines is 1. The maximum Gasteiger partial charge on any atom is 0.295 e. The highest BCUT2D eigenvalue weighted by Gasteiger charge is 2.44. The number of nitrogens with zero attached hydrogens (tertiary/aromatic N) is 1. The number of carbonyl (C=O) groups is 2. The van der Waals surface area contributed by atoms with Crippen LogP contribution in [0.5, 0.6) is 23.0 Å². The van der Waals surface area contributed by atoms with Crippen molar-refractivity contribution in [1.82, 2.24) is 4.90 Å². The summed E-state index contributed by atoms with van der Waals surface area (Å²) in [6.07, 6.45) is 3.50. The van der Waals surface area contributed by atoms with E-state index in [1.807, 2.05) is 49.4 Å². The van der Waals surface area contributed by atoms with Gasteiger partial charge in [0.2, 0.25) is 5.78 Å². The van der Waals surface area contributed by atoms with Gasteiger partial charge < -0.3 is 29.0 Å². The number of amides is 1. The number of ether oxygens (including phenoxy) is 4. The van der Waals surface area contributed by atoms with Crippen molar-refractivity contribution < 1.29 is 38.6 Å². The summed E-state index contributed by atoms with van der Waals surface area (Å²) in [5.74, 6) is -0.251. The maximum atomic E-state index is 14.0. The average molecular weight is 579 g/mol. The highest BCUT2D eigenvalue weighted by molar-refractivity contribution is 6.46. The molecule has 9 heteroatoms. The first-order chi connectivity index (χ1) is 21.0. The molecule has 1 amide bonds. The van der Waals surface area contributed by atoms with Crippen molar-refractivity contribution in [2.45, 2.75) is 26.1 Å². The summed E-state index contributed by atoms with van der Waals surface area (Å²) in [5, 5.41) is 14.0. The molecule has 0 spiro atoms. The maximum absolute atomic E-state index is 14.0. The topological polar surface area (TPSA) is 111 Å². The van der Waals surface area contributed by atoms with Crippen LogP contribution in [0, 0.1) is 0 Å². The minimum atomic E-state index is -0.955. The fraction of sp³-hybridized carbons (Fsp3) is 0.206. The highest BCUT2D eigenvalue weighted by atomic mass is 16.6. The predicted octanol–water partition coefficient (Wildman–Crippen LogP) is 3.67. The Hall–Kier alpha value is -5.31. The van der Waals surface area contributed by atoms with E-state index < -0.39 is 23.5 Å². The number of benzene rings is 3. The molecule has 1 N–H and O–H groups in total. The van der Waals surface area contributed by atoms with Crippen LogP contribution >= 0.6 is 0 Å². The van der Waals surface area contributed by atoms with Crippen LogP contribution in [-0.2, 0) is 22.7 Å². The van der Waals surface area contributed by atoms with Crippen molar-refractivity contribution in [3.05, 3.63) is 119 Å². The molecule has 2 aliphatic heterocycles. The third kappa shape index (κ3) is 5.74. The normalized spacial score (nSPS) is 17.1. The fourth-order valence-corrected chi connectivity index (χ4v) is 5.26. The van der Waals surface area contributed by atoms with Crippen LogP contribution in [0.2, 0.25) is 0 Å². The zero-order valence-corrected chi connectivity index (χ0v) is 23.6. The number of hydrogen-bond acceptors (Lipinski definition) is 7. The number of pyridine rings is 1. The number of ketones is 1. The molecular formula is C34H30N2O7. The van der Waals surface area contributed by atoms with E-state index in [1.54, 1.807) is 48.8 Å². The summed E-state index contributed by atoms with van der Waals surface area (Å²) in [4.78, 5) is 31.5. The van der Waals surface area contributed by atoms with Crippen LogP contribution in [0.1, 0.15) is 35.2 Å². The van der Waals surface area contributed by atoms with Gasteiger partial charge in [0.15, 0.2) is 35.4 Å². The lowest BCUT2D eigenvalue weighted by Gasteiger charge is -2.28. The van der Waals surface area contributed by atoms with E-state index >= 15 is 0 Å². The quantitative estimate of drug-likeness (QED) is 0.169. The Bertz CT molecular complexity index is 1670. The van der Waals surface area contributed by atoms with E-state index in [0.717, 1.165) is 11.1 Å². The van der Waals surface area contributed by atoms with E-state index in [-0.39, 0.29) is 17.7 Å². The first-order valence-electron chi connectivity index (χ1n) is 14.1. The molecule has 6 rings (SSSR count). The SMILES string of the molecule is CCOc1cc(C2C(=C([O-])c3ccc4c(c3)OCCO4)C(=O)C(=O)N2Cc2ccc[nH+]c2)ccc1OCc1ccccc1. The van der Waals surface area contributed by atoms with Gasteiger partial charge in [-0.25, -0.2) is 4.98 Å². The van der Waals surface area contributed by atoms with E-state index in [0.29, 0.717) is 55.0 Å². The minimum Gasteiger partial charge on any atom is -0.872 e. The number of Topliss-reactive ketones (excluding diaryl/α,β-unsaturated/α-hetero) is 1. The summed E-state index contributed by atoms with van der Waals surface area (Å²) in [5.41, 5.74) is 2.41. The largest absolute Gasteiger partial charge is 0.872 e. The van der Waals surface area contributed by atoms with Gasteiger partial charge in [-0.2, -0.15) is 0 Å². The summed E-state index contributed by atoms with van der Waals surface area (Å²) in [7, 11) is 0. The second-order valence-corrected chi connectivity index (χ2v) is 10.1. The summed E-state index contributed by atoms with van der Waals surface area (Å²) < 4.78 is 23.3. The molecule has 1 aromatic heterocycles. The lowest BCUT2D eigenvalue weighted by molar-refractivity contribution is -0.378. The van der Waals surface area contributed by atoms with Gasteiger partial charge in [0.25, 0.3) is 5.91 Å². The number of hydrogen-bond donors (Lipinski definition) is 0. The van der Waals surface area contributed by atoms with Crippen LogP contribution in [0.25, 0.3) is 5.76 Å². The first kappa shape index (κ1) is 27.8. The van der Waals surface area contributed by atoms with E-state index in [1.165, 1.54) is 4.90 Å². The zero-order chi connectivity index (χ0) is 29.8. The Morgan fingerprint density at radius 1 is 0.907 bits per heavy atom. The van der Waals surface area contributed by atoms with Crippen LogP contribution < -0.4 is 29.0 Å². The molecule has 3 aromatic carbocycles. The van der Waals surface area contributed by atoms with E-state index in [4.69, 9.17) is 18.9 Å². The molecular weight excluding hydrogens is 548 g/mol. The Morgan fingerprint density at radius 3 is 2.47 bits per heavy atom. The fourth-order valence-electron chi connectivity index (χ4n) is 5.26. The van der Waals surface area contributed by atoms with Crippen molar-refractivity contribution in [2.24, 2.45) is 0 Å². The molecule has 0 saturated carbocycles. The third-order valence-electron chi connectivity index (χ3n) is 7.28. The Kier molecular flexibility index (Phi) is 7.95. The van der Waals surface area contributed by atoms with Crippen molar-refractivity contribution in [1.29, 1.82) is 0 Å². The molecule has 0 bridgehead atoms. The number of rotatable bonds is 9. The second-order valence-electron chi connectivity index (χ2n) is 10.1.